The molecule has 4 aromatic rings. The van der Waals surface area contributed by atoms with Crippen molar-refractivity contribution in [1.82, 2.24) is 15.3 Å². The minimum Gasteiger partial charge on any atom is -0.351 e. The number of rotatable bonds is 4. The molecule has 0 radical (unpaired) electrons. The molecule has 0 fully saturated rings. The van der Waals surface area contributed by atoms with Crippen LogP contribution in [0.3, 0.4) is 0 Å². The van der Waals surface area contributed by atoms with Gasteiger partial charge in [0, 0.05) is 17.1 Å². The first-order valence-electron chi connectivity index (χ1n) is 8.57. The molecular formula is C22H19N3O. The third kappa shape index (κ3) is 3.22. The molecule has 4 nitrogen and oxygen atoms in total. The van der Waals surface area contributed by atoms with Crippen LogP contribution in [0.15, 0.2) is 79.0 Å². The van der Waals surface area contributed by atoms with E-state index in [9.17, 15) is 4.79 Å². The van der Waals surface area contributed by atoms with Gasteiger partial charge in [0.05, 0.1) is 11.7 Å². The Hall–Kier alpha value is -3.40. The van der Waals surface area contributed by atoms with Crippen LogP contribution >= 0.6 is 0 Å². The first kappa shape index (κ1) is 16.1. The maximum atomic E-state index is 12.9. The molecule has 1 amide bonds. The van der Waals surface area contributed by atoms with Gasteiger partial charge in [-0.1, -0.05) is 48.5 Å². The lowest BCUT2D eigenvalue weighted by Gasteiger charge is -2.18. The van der Waals surface area contributed by atoms with E-state index in [1.165, 1.54) is 0 Å². The summed E-state index contributed by atoms with van der Waals surface area (Å²) in [5.74, 6) is -0.154. The van der Waals surface area contributed by atoms with E-state index in [2.05, 4.69) is 15.3 Å². The molecule has 0 aliphatic rings. The lowest BCUT2D eigenvalue weighted by molar-refractivity contribution is 0.0938. The van der Waals surface area contributed by atoms with Crippen molar-refractivity contribution in [3.8, 4) is 0 Å². The molecule has 0 spiro atoms. The molecule has 2 heterocycles. The fourth-order valence-electron chi connectivity index (χ4n) is 3.09. The highest BCUT2D eigenvalue weighted by Crippen LogP contribution is 2.22. The summed E-state index contributed by atoms with van der Waals surface area (Å²) in [4.78, 5) is 20.5. The number of hydrogen-bond acceptors (Lipinski definition) is 2. The summed E-state index contributed by atoms with van der Waals surface area (Å²) < 4.78 is 0. The summed E-state index contributed by atoms with van der Waals surface area (Å²) in [6.07, 6.45) is 1.74. The van der Waals surface area contributed by atoms with Crippen molar-refractivity contribution in [2.75, 3.05) is 0 Å². The largest absolute Gasteiger partial charge is 0.351 e. The minimum absolute atomic E-state index is 0.154. The minimum atomic E-state index is -0.307. The highest BCUT2D eigenvalue weighted by molar-refractivity contribution is 5.98. The maximum absolute atomic E-state index is 12.9. The summed E-state index contributed by atoms with van der Waals surface area (Å²) in [5.41, 5.74) is 4.46. The van der Waals surface area contributed by atoms with E-state index in [1.54, 1.807) is 6.20 Å². The fraction of sp³-hybridized carbons (Fsp3) is 0.0909. The van der Waals surface area contributed by atoms with E-state index in [0.29, 0.717) is 5.69 Å². The van der Waals surface area contributed by atoms with Crippen LogP contribution in [-0.2, 0) is 0 Å². The van der Waals surface area contributed by atoms with Gasteiger partial charge in [-0.15, -0.1) is 0 Å². The number of fused-ring (bicyclic) bond motifs is 1. The van der Waals surface area contributed by atoms with Gasteiger partial charge < -0.3 is 10.3 Å². The van der Waals surface area contributed by atoms with Crippen LogP contribution in [0.5, 0.6) is 0 Å². The van der Waals surface area contributed by atoms with Gasteiger partial charge in [-0.3, -0.25) is 9.78 Å². The van der Waals surface area contributed by atoms with Gasteiger partial charge in [-0.2, -0.15) is 0 Å². The molecule has 26 heavy (non-hydrogen) atoms. The normalized spacial score (nSPS) is 12.0. The van der Waals surface area contributed by atoms with Gasteiger partial charge >= 0.3 is 0 Å². The summed E-state index contributed by atoms with van der Waals surface area (Å²) in [7, 11) is 0. The van der Waals surface area contributed by atoms with Crippen molar-refractivity contribution in [3.63, 3.8) is 0 Å². The van der Waals surface area contributed by atoms with Crippen molar-refractivity contribution in [2.45, 2.75) is 13.0 Å². The SMILES string of the molecule is Cc1ccc2cc(C(=O)N[C@@H](c3ccccc3)c3ccccn3)[nH]c2c1. The number of amides is 1. The zero-order chi connectivity index (χ0) is 17.9. The molecule has 4 rings (SSSR count). The highest BCUT2D eigenvalue weighted by Gasteiger charge is 2.19. The first-order valence-corrected chi connectivity index (χ1v) is 8.57. The topological polar surface area (TPSA) is 57.8 Å². The van der Waals surface area contributed by atoms with Gasteiger partial charge in [0.2, 0.25) is 0 Å². The Balaban J connectivity index is 1.67. The second kappa shape index (κ2) is 6.84. The Kier molecular flexibility index (Phi) is 4.23. The monoisotopic (exact) mass is 341 g/mol. The molecule has 0 aliphatic heterocycles. The lowest BCUT2D eigenvalue weighted by Crippen LogP contribution is -2.30. The molecule has 128 valence electrons. The van der Waals surface area contributed by atoms with E-state index in [-0.39, 0.29) is 11.9 Å². The number of pyridine rings is 1. The average Bonchev–Trinajstić information content (AvgIpc) is 3.10. The quantitative estimate of drug-likeness (QED) is 0.578. The molecule has 4 heteroatoms. The standard InChI is InChI=1S/C22H19N3O/c1-15-10-11-17-14-20(24-19(17)13-15)22(26)25-21(16-7-3-2-4-8-16)18-9-5-6-12-23-18/h2-14,21,24H,1H3,(H,25,26)/t21-/m0/s1. The molecule has 0 unspecified atom stereocenters. The molecular weight excluding hydrogens is 322 g/mol. The van der Waals surface area contributed by atoms with E-state index in [4.69, 9.17) is 0 Å². The number of H-pyrrole nitrogens is 1. The molecule has 2 N–H and O–H groups in total. The Labute approximate surface area is 151 Å². The fourth-order valence-corrected chi connectivity index (χ4v) is 3.09. The zero-order valence-electron chi connectivity index (χ0n) is 14.4. The van der Waals surface area contributed by atoms with E-state index in [1.807, 2.05) is 79.7 Å². The predicted octanol–water partition coefficient (Wildman–Crippen LogP) is 4.39. The van der Waals surface area contributed by atoms with E-state index < -0.39 is 0 Å². The van der Waals surface area contributed by atoms with Crippen LogP contribution in [0, 0.1) is 6.92 Å². The Morgan fingerprint density at radius 3 is 2.58 bits per heavy atom. The van der Waals surface area contributed by atoms with Gasteiger partial charge in [-0.25, -0.2) is 0 Å². The number of benzene rings is 2. The number of nitrogens with one attached hydrogen (secondary N) is 2. The van der Waals surface area contributed by atoms with Crippen LogP contribution in [-0.4, -0.2) is 15.9 Å². The number of carbonyl (C=O) groups excluding carboxylic acids is 1. The number of nitrogens with zero attached hydrogens (tertiary/aromatic N) is 1. The van der Waals surface area contributed by atoms with Crippen molar-refractivity contribution in [1.29, 1.82) is 0 Å². The second-order valence-electron chi connectivity index (χ2n) is 6.35. The third-order valence-electron chi connectivity index (χ3n) is 4.41. The molecule has 0 saturated heterocycles. The smallest absolute Gasteiger partial charge is 0.268 e. The lowest BCUT2D eigenvalue weighted by atomic mass is 10.0. The van der Waals surface area contributed by atoms with Gasteiger partial charge in [0.15, 0.2) is 0 Å². The summed E-state index contributed by atoms with van der Waals surface area (Å²) in [5, 5.41) is 4.13. The summed E-state index contributed by atoms with van der Waals surface area (Å²) >= 11 is 0. The van der Waals surface area contributed by atoms with Gasteiger partial charge in [0.25, 0.3) is 5.91 Å². The molecule has 1 atom stereocenters. The Bertz CT molecular complexity index is 999. The number of hydrogen-bond donors (Lipinski definition) is 2. The summed E-state index contributed by atoms with van der Waals surface area (Å²) in [6.45, 7) is 2.03. The van der Waals surface area contributed by atoms with Gasteiger partial charge in [0.1, 0.15) is 5.69 Å². The predicted molar refractivity (Wildman–Crippen MR) is 103 cm³/mol. The first-order chi connectivity index (χ1) is 12.7. The summed E-state index contributed by atoms with van der Waals surface area (Å²) in [6, 6.07) is 23.3. The number of aromatic amines is 1. The highest BCUT2D eigenvalue weighted by atomic mass is 16.1. The third-order valence-corrected chi connectivity index (χ3v) is 4.41. The maximum Gasteiger partial charge on any atom is 0.268 e. The van der Waals surface area contributed by atoms with E-state index >= 15 is 0 Å². The van der Waals surface area contributed by atoms with Crippen molar-refractivity contribution in [3.05, 3.63) is 102 Å². The second-order valence-corrected chi connectivity index (χ2v) is 6.35. The van der Waals surface area contributed by atoms with Crippen molar-refractivity contribution >= 4 is 16.8 Å². The van der Waals surface area contributed by atoms with Crippen LogP contribution in [0.25, 0.3) is 10.9 Å². The molecule has 2 aromatic carbocycles. The Morgan fingerprint density at radius 1 is 1.00 bits per heavy atom. The van der Waals surface area contributed by atoms with E-state index in [0.717, 1.165) is 27.7 Å². The van der Waals surface area contributed by atoms with Crippen molar-refractivity contribution in [2.24, 2.45) is 0 Å². The van der Waals surface area contributed by atoms with Crippen LogP contribution < -0.4 is 5.32 Å². The van der Waals surface area contributed by atoms with Crippen LogP contribution in [0.2, 0.25) is 0 Å². The molecule has 0 bridgehead atoms. The number of aryl methyl sites for hydroxylation is 1. The molecule has 2 aromatic heterocycles. The van der Waals surface area contributed by atoms with Gasteiger partial charge in [-0.05, 0) is 42.3 Å². The van der Waals surface area contributed by atoms with Crippen LogP contribution in [0.4, 0.5) is 0 Å². The average molecular weight is 341 g/mol. The van der Waals surface area contributed by atoms with Crippen LogP contribution in [0.1, 0.15) is 33.4 Å². The zero-order valence-corrected chi connectivity index (χ0v) is 14.4. The molecule has 0 saturated carbocycles. The Morgan fingerprint density at radius 2 is 1.81 bits per heavy atom. The number of aromatic nitrogens is 2. The molecule has 0 aliphatic carbocycles. The number of carbonyl (C=O) groups is 1. The van der Waals surface area contributed by atoms with Crippen molar-refractivity contribution < 1.29 is 4.79 Å².